The van der Waals surface area contributed by atoms with E-state index in [2.05, 4.69) is 22.8 Å². The number of carbonyl (C=O) groups is 1. The van der Waals surface area contributed by atoms with Gasteiger partial charge in [-0.15, -0.1) is 0 Å². The number of anilines is 2. The molecule has 0 spiro atoms. The fourth-order valence-electron chi connectivity index (χ4n) is 2.80. The molecule has 6 heteroatoms. The summed E-state index contributed by atoms with van der Waals surface area (Å²) in [7, 11) is 0. The third-order valence-electron chi connectivity index (χ3n) is 4.24. The summed E-state index contributed by atoms with van der Waals surface area (Å²) in [6.07, 6.45) is 1.87. The highest BCUT2D eigenvalue weighted by Crippen LogP contribution is 2.26. The normalized spacial score (nSPS) is 10.4. The van der Waals surface area contributed by atoms with Gasteiger partial charge in [0.25, 0.3) is 0 Å². The second-order valence-corrected chi connectivity index (χ2v) is 7.30. The van der Waals surface area contributed by atoms with Gasteiger partial charge in [-0.2, -0.15) is 0 Å². The highest BCUT2D eigenvalue weighted by atomic mass is 35.5. The summed E-state index contributed by atoms with van der Waals surface area (Å²) in [6, 6.07) is 22.8. The first-order chi connectivity index (χ1) is 14.1. The molecule has 0 heterocycles. The quantitative estimate of drug-likeness (QED) is 0.407. The number of ether oxygens (including phenoxy) is 1. The van der Waals surface area contributed by atoms with Gasteiger partial charge in [0.2, 0.25) is 5.91 Å². The van der Waals surface area contributed by atoms with E-state index < -0.39 is 0 Å². The summed E-state index contributed by atoms with van der Waals surface area (Å²) < 4.78 is 5.91. The van der Waals surface area contributed by atoms with Crippen LogP contribution in [-0.4, -0.2) is 19.1 Å². The number of aryl methyl sites for hydroxylation is 1. The van der Waals surface area contributed by atoms with Crippen LogP contribution in [0.25, 0.3) is 0 Å². The lowest BCUT2D eigenvalue weighted by molar-refractivity contribution is -0.114. The highest BCUT2D eigenvalue weighted by Gasteiger charge is 2.08. The summed E-state index contributed by atoms with van der Waals surface area (Å²) in [5.74, 6) is 0.506. The van der Waals surface area contributed by atoms with Crippen LogP contribution in [0.2, 0.25) is 10.0 Å². The Morgan fingerprint density at radius 2 is 1.66 bits per heavy atom. The molecule has 0 saturated carbocycles. The number of benzene rings is 3. The molecule has 3 aromatic carbocycles. The summed E-state index contributed by atoms with van der Waals surface area (Å²) in [5.41, 5.74) is 2.58. The van der Waals surface area contributed by atoms with Crippen molar-refractivity contribution in [1.82, 2.24) is 0 Å². The summed E-state index contributed by atoms with van der Waals surface area (Å²) >= 11 is 12.0. The van der Waals surface area contributed by atoms with E-state index >= 15 is 0 Å². The Hall–Kier alpha value is -2.69. The Morgan fingerprint density at radius 3 is 2.45 bits per heavy atom. The Labute approximate surface area is 180 Å². The van der Waals surface area contributed by atoms with Crippen LogP contribution in [0.5, 0.6) is 5.75 Å². The lowest BCUT2D eigenvalue weighted by Gasteiger charge is -2.14. The van der Waals surface area contributed by atoms with E-state index in [1.807, 2.05) is 42.5 Å². The number of carbonyl (C=O) groups excluding carboxylic acids is 1. The molecule has 0 aromatic heterocycles. The minimum Gasteiger partial charge on any atom is -0.491 e. The van der Waals surface area contributed by atoms with Gasteiger partial charge in [-0.25, -0.2) is 0 Å². The van der Waals surface area contributed by atoms with E-state index in [-0.39, 0.29) is 12.5 Å². The largest absolute Gasteiger partial charge is 0.491 e. The van der Waals surface area contributed by atoms with Gasteiger partial charge in [0.15, 0.2) is 0 Å². The predicted octanol–water partition coefficient (Wildman–Crippen LogP) is 6.06. The number of halogens is 2. The number of rotatable bonds is 9. The second kappa shape index (κ2) is 10.7. The molecule has 3 rings (SSSR count). The molecule has 2 N–H and O–H groups in total. The van der Waals surface area contributed by atoms with Crippen LogP contribution in [0.4, 0.5) is 11.4 Å². The van der Waals surface area contributed by atoms with E-state index in [1.165, 1.54) is 5.56 Å². The maximum absolute atomic E-state index is 12.2. The fourth-order valence-corrected chi connectivity index (χ4v) is 3.26. The molecule has 0 saturated heterocycles. The SMILES string of the molecule is O=C(CNc1ccccc1OCCCc1ccccc1)Nc1ccc(Cl)cc1Cl. The smallest absolute Gasteiger partial charge is 0.243 e. The van der Waals surface area contributed by atoms with E-state index in [0.717, 1.165) is 24.3 Å². The maximum atomic E-state index is 12.2. The molecule has 0 aliphatic heterocycles. The van der Waals surface area contributed by atoms with Crippen molar-refractivity contribution >= 4 is 40.5 Å². The fraction of sp³-hybridized carbons (Fsp3) is 0.174. The summed E-state index contributed by atoms with van der Waals surface area (Å²) in [6.45, 7) is 0.684. The first kappa shape index (κ1) is 21.0. The van der Waals surface area contributed by atoms with Crippen molar-refractivity contribution in [2.45, 2.75) is 12.8 Å². The van der Waals surface area contributed by atoms with Gasteiger partial charge in [-0.3, -0.25) is 4.79 Å². The van der Waals surface area contributed by atoms with Gasteiger partial charge >= 0.3 is 0 Å². The van der Waals surface area contributed by atoms with Gasteiger partial charge in [0.05, 0.1) is 29.5 Å². The van der Waals surface area contributed by atoms with Crippen molar-refractivity contribution < 1.29 is 9.53 Å². The van der Waals surface area contributed by atoms with Crippen molar-refractivity contribution in [3.8, 4) is 5.75 Å². The average molecular weight is 429 g/mol. The first-order valence-corrected chi connectivity index (χ1v) is 10.1. The number of para-hydroxylation sites is 2. The van der Waals surface area contributed by atoms with Crippen LogP contribution < -0.4 is 15.4 Å². The predicted molar refractivity (Wildman–Crippen MR) is 120 cm³/mol. The lowest BCUT2D eigenvalue weighted by atomic mass is 10.1. The monoisotopic (exact) mass is 428 g/mol. The minimum absolute atomic E-state index is 0.0867. The first-order valence-electron chi connectivity index (χ1n) is 9.36. The summed E-state index contributed by atoms with van der Waals surface area (Å²) in [4.78, 5) is 12.2. The molecule has 0 unspecified atom stereocenters. The van der Waals surface area contributed by atoms with Gasteiger partial charge < -0.3 is 15.4 Å². The van der Waals surface area contributed by atoms with Crippen LogP contribution in [0.1, 0.15) is 12.0 Å². The van der Waals surface area contributed by atoms with Crippen LogP contribution in [0.15, 0.2) is 72.8 Å². The van der Waals surface area contributed by atoms with Gasteiger partial charge in [-0.05, 0) is 48.7 Å². The molecule has 0 aliphatic rings. The molecule has 150 valence electrons. The molecule has 0 fully saturated rings. The van der Waals surface area contributed by atoms with Gasteiger partial charge in [0, 0.05) is 5.02 Å². The number of hydrogen-bond donors (Lipinski definition) is 2. The van der Waals surface area contributed by atoms with E-state index in [9.17, 15) is 4.79 Å². The van der Waals surface area contributed by atoms with Crippen molar-refractivity contribution in [3.63, 3.8) is 0 Å². The molecule has 0 radical (unpaired) electrons. The third-order valence-corrected chi connectivity index (χ3v) is 4.79. The molecule has 29 heavy (non-hydrogen) atoms. The second-order valence-electron chi connectivity index (χ2n) is 6.46. The Morgan fingerprint density at radius 1 is 0.897 bits per heavy atom. The lowest BCUT2D eigenvalue weighted by Crippen LogP contribution is -2.22. The molecule has 4 nitrogen and oxygen atoms in total. The number of nitrogens with one attached hydrogen (secondary N) is 2. The van der Waals surface area contributed by atoms with Crippen molar-refractivity contribution in [2.24, 2.45) is 0 Å². The molecular formula is C23H22Cl2N2O2. The number of hydrogen-bond acceptors (Lipinski definition) is 3. The number of amides is 1. The average Bonchev–Trinajstić information content (AvgIpc) is 2.73. The molecular weight excluding hydrogens is 407 g/mol. The van der Waals surface area contributed by atoms with Crippen LogP contribution in [0.3, 0.4) is 0 Å². The highest BCUT2D eigenvalue weighted by molar-refractivity contribution is 6.36. The zero-order valence-electron chi connectivity index (χ0n) is 15.8. The topological polar surface area (TPSA) is 50.4 Å². The third kappa shape index (κ3) is 6.70. The molecule has 3 aromatic rings. The minimum atomic E-state index is -0.215. The maximum Gasteiger partial charge on any atom is 0.243 e. The van der Waals surface area contributed by atoms with Crippen molar-refractivity contribution in [1.29, 1.82) is 0 Å². The van der Waals surface area contributed by atoms with E-state index in [1.54, 1.807) is 18.2 Å². The molecule has 1 amide bonds. The van der Waals surface area contributed by atoms with Crippen molar-refractivity contribution in [3.05, 3.63) is 88.4 Å². The van der Waals surface area contributed by atoms with Gasteiger partial charge in [-0.1, -0.05) is 65.7 Å². The molecule has 0 aliphatic carbocycles. The zero-order chi connectivity index (χ0) is 20.5. The van der Waals surface area contributed by atoms with Crippen molar-refractivity contribution in [2.75, 3.05) is 23.8 Å². The molecule has 0 bridgehead atoms. The van der Waals surface area contributed by atoms with Crippen LogP contribution in [-0.2, 0) is 11.2 Å². The summed E-state index contributed by atoms with van der Waals surface area (Å²) in [5, 5.41) is 6.80. The Balaban J connectivity index is 1.48. The van der Waals surface area contributed by atoms with Crippen LogP contribution in [0, 0.1) is 0 Å². The van der Waals surface area contributed by atoms with E-state index in [0.29, 0.717) is 22.3 Å². The van der Waals surface area contributed by atoms with Gasteiger partial charge in [0.1, 0.15) is 5.75 Å². The van der Waals surface area contributed by atoms with E-state index in [4.69, 9.17) is 27.9 Å². The van der Waals surface area contributed by atoms with Crippen LogP contribution >= 0.6 is 23.2 Å². The Kier molecular flexibility index (Phi) is 7.79. The molecule has 0 atom stereocenters. The standard InChI is InChI=1S/C23H22Cl2N2O2/c24-18-12-13-20(19(25)15-18)27-23(28)16-26-21-10-4-5-11-22(21)29-14-6-9-17-7-2-1-3-8-17/h1-5,7-8,10-13,15,26H,6,9,14,16H2,(H,27,28). The Bertz CT molecular complexity index is 949. The zero-order valence-corrected chi connectivity index (χ0v) is 17.3.